The van der Waals surface area contributed by atoms with Crippen LogP contribution in [0.3, 0.4) is 0 Å². The number of rotatable bonds is 7. The lowest BCUT2D eigenvalue weighted by Crippen LogP contribution is -2.13. The highest BCUT2D eigenvalue weighted by Crippen LogP contribution is 2.29. The summed E-state index contributed by atoms with van der Waals surface area (Å²) in [5.41, 5.74) is 4.23. The van der Waals surface area contributed by atoms with Crippen molar-refractivity contribution in [2.45, 2.75) is 33.3 Å². The van der Waals surface area contributed by atoms with Crippen LogP contribution in [0.1, 0.15) is 30.5 Å². The Bertz CT molecular complexity index is 731. The number of hydrogen-bond donors (Lipinski definition) is 1. The Morgan fingerprint density at radius 1 is 1.04 bits per heavy atom. The first-order valence-corrected chi connectivity index (χ1v) is 8.79. The summed E-state index contributed by atoms with van der Waals surface area (Å²) in [7, 11) is 3.18. The molecule has 0 bridgehead atoms. The maximum Gasteiger partial charge on any atom is 0.260 e. The third-order valence-electron chi connectivity index (χ3n) is 4.06. The summed E-state index contributed by atoms with van der Waals surface area (Å²) in [4.78, 5) is 0. The fourth-order valence-corrected chi connectivity index (χ4v) is 2.71. The Morgan fingerprint density at radius 3 is 2.48 bits per heavy atom. The van der Waals surface area contributed by atoms with E-state index in [0.717, 1.165) is 35.6 Å². The molecular formula is C20H25NO3S. The van der Waals surface area contributed by atoms with E-state index in [1.54, 1.807) is 7.11 Å². The molecule has 2 aromatic carbocycles. The van der Waals surface area contributed by atoms with Gasteiger partial charge in [0.2, 0.25) is 0 Å². The summed E-state index contributed by atoms with van der Waals surface area (Å²) in [5.74, 6) is 1.64. The van der Waals surface area contributed by atoms with E-state index in [1.807, 2.05) is 24.3 Å². The molecule has 2 rings (SSSR count). The molecule has 0 fully saturated rings. The topological polar surface area (TPSA) is 39.7 Å². The fraction of sp³-hybridized carbons (Fsp3) is 0.350. The van der Waals surface area contributed by atoms with Crippen LogP contribution >= 0.6 is 12.2 Å². The third kappa shape index (κ3) is 4.86. The van der Waals surface area contributed by atoms with Crippen LogP contribution in [0.25, 0.3) is 0 Å². The lowest BCUT2D eigenvalue weighted by Gasteiger charge is -2.17. The first-order chi connectivity index (χ1) is 12.1. The van der Waals surface area contributed by atoms with E-state index >= 15 is 0 Å². The summed E-state index contributed by atoms with van der Waals surface area (Å²) in [5, 5.41) is 3.37. The fourth-order valence-electron chi connectivity index (χ4n) is 2.60. The van der Waals surface area contributed by atoms with Crippen molar-refractivity contribution in [2.24, 2.45) is 0 Å². The van der Waals surface area contributed by atoms with Gasteiger partial charge in [-0.15, -0.1) is 0 Å². The Morgan fingerprint density at radius 2 is 1.84 bits per heavy atom. The normalized spacial score (nSPS) is 10.2. The van der Waals surface area contributed by atoms with Crippen molar-refractivity contribution in [3.63, 3.8) is 0 Å². The molecule has 0 aliphatic carbocycles. The molecule has 0 spiro atoms. The number of hydrogen-bond acceptors (Lipinski definition) is 4. The summed E-state index contributed by atoms with van der Waals surface area (Å²) >= 11 is 5.11. The standard InChI is InChI=1S/C20H25NO3S/c1-5-14-10-11-18(15(6-2)12-14)24-13-16-17(21-20(25)23-4)8-7-9-19(16)22-3/h7-12H,5-6,13H2,1-4H3,(H,21,25). The molecule has 0 atom stereocenters. The van der Waals surface area contributed by atoms with Crippen molar-refractivity contribution in [1.29, 1.82) is 0 Å². The van der Waals surface area contributed by atoms with Gasteiger partial charge in [0.05, 0.1) is 25.5 Å². The van der Waals surface area contributed by atoms with E-state index in [1.165, 1.54) is 18.2 Å². The van der Waals surface area contributed by atoms with Gasteiger partial charge in [-0.05, 0) is 54.4 Å². The van der Waals surface area contributed by atoms with Crippen molar-refractivity contribution in [1.82, 2.24) is 0 Å². The molecule has 1 N–H and O–H groups in total. The molecule has 5 heteroatoms. The van der Waals surface area contributed by atoms with E-state index in [2.05, 4.69) is 31.3 Å². The molecular weight excluding hydrogens is 334 g/mol. The zero-order chi connectivity index (χ0) is 18.2. The van der Waals surface area contributed by atoms with E-state index in [-0.39, 0.29) is 0 Å². The largest absolute Gasteiger partial charge is 0.496 e. The Balaban J connectivity index is 2.26. The average molecular weight is 359 g/mol. The van der Waals surface area contributed by atoms with Gasteiger partial charge in [-0.2, -0.15) is 0 Å². The molecule has 0 unspecified atom stereocenters. The van der Waals surface area contributed by atoms with Crippen LogP contribution in [0.4, 0.5) is 5.69 Å². The summed E-state index contributed by atoms with van der Waals surface area (Å²) in [6, 6.07) is 12.1. The average Bonchev–Trinajstić information content (AvgIpc) is 2.66. The Hall–Kier alpha value is -2.27. The van der Waals surface area contributed by atoms with Crippen molar-refractivity contribution in [2.75, 3.05) is 19.5 Å². The summed E-state index contributed by atoms with van der Waals surface area (Å²) in [6.07, 6.45) is 1.94. The molecule has 0 saturated heterocycles. The Labute approximate surface area is 155 Å². The third-order valence-corrected chi connectivity index (χ3v) is 4.33. The molecule has 0 saturated carbocycles. The molecule has 0 aliphatic rings. The van der Waals surface area contributed by atoms with Crippen LogP contribution in [-0.2, 0) is 24.2 Å². The van der Waals surface area contributed by atoms with Crippen molar-refractivity contribution in [3.8, 4) is 11.5 Å². The van der Waals surface area contributed by atoms with E-state index in [9.17, 15) is 0 Å². The molecule has 134 valence electrons. The van der Waals surface area contributed by atoms with Crippen LogP contribution < -0.4 is 14.8 Å². The second-order valence-electron chi connectivity index (χ2n) is 5.54. The molecule has 25 heavy (non-hydrogen) atoms. The number of thiocarbonyl (C=S) groups is 1. The number of nitrogens with one attached hydrogen (secondary N) is 1. The van der Waals surface area contributed by atoms with E-state index in [0.29, 0.717) is 11.8 Å². The number of aryl methyl sites for hydroxylation is 2. The molecule has 0 radical (unpaired) electrons. The number of benzene rings is 2. The van der Waals surface area contributed by atoms with Crippen molar-refractivity contribution in [3.05, 3.63) is 53.1 Å². The number of anilines is 1. The molecule has 2 aromatic rings. The van der Waals surface area contributed by atoms with Gasteiger partial charge < -0.3 is 19.5 Å². The maximum absolute atomic E-state index is 6.11. The zero-order valence-corrected chi connectivity index (χ0v) is 16.0. The predicted octanol–water partition coefficient (Wildman–Crippen LogP) is 4.74. The van der Waals surface area contributed by atoms with Gasteiger partial charge in [0.1, 0.15) is 18.1 Å². The van der Waals surface area contributed by atoms with Gasteiger partial charge in [0, 0.05) is 0 Å². The van der Waals surface area contributed by atoms with Gasteiger partial charge in [-0.25, -0.2) is 0 Å². The monoisotopic (exact) mass is 359 g/mol. The molecule has 0 aliphatic heterocycles. The van der Waals surface area contributed by atoms with Gasteiger partial charge in [-0.3, -0.25) is 0 Å². The maximum atomic E-state index is 6.11. The lowest BCUT2D eigenvalue weighted by atomic mass is 10.1. The van der Waals surface area contributed by atoms with Crippen LogP contribution in [-0.4, -0.2) is 19.4 Å². The van der Waals surface area contributed by atoms with E-state index < -0.39 is 0 Å². The zero-order valence-electron chi connectivity index (χ0n) is 15.2. The van der Waals surface area contributed by atoms with Crippen LogP contribution in [0.15, 0.2) is 36.4 Å². The molecule has 4 nitrogen and oxygen atoms in total. The minimum atomic E-state index is 0.302. The highest BCUT2D eigenvalue weighted by Gasteiger charge is 2.13. The van der Waals surface area contributed by atoms with Gasteiger partial charge in [0.25, 0.3) is 5.17 Å². The predicted molar refractivity (Wildman–Crippen MR) is 106 cm³/mol. The van der Waals surface area contributed by atoms with E-state index in [4.69, 9.17) is 26.4 Å². The summed E-state index contributed by atoms with van der Waals surface area (Å²) in [6.45, 7) is 4.66. The number of methoxy groups -OCH3 is 2. The second-order valence-corrected chi connectivity index (χ2v) is 5.91. The molecule has 0 amide bonds. The first kappa shape index (κ1) is 19.1. The molecule has 0 aromatic heterocycles. The molecule has 0 heterocycles. The second kappa shape index (κ2) is 9.28. The van der Waals surface area contributed by atoms with Crippen molar-refractivity contribution < 1.29 is 14.2 Å². The minimum Gasteiger partial charge on any atom is -0.496 e. The SMILES string of the molecule is CCc1ccc(OCc2c(NC(=S)OC)cccc2OC)c(CC)c1. The Kier molecular flexibility index (Phi) is 7.07. The van der Waals surface area contributed by atoms with Gasteiger partial charge >= 0.3 is 0 Å². The number of ether oxygens (including phenoxy) is 3. The highest BCUT2D eigenvalue weighted by molar-refractivity contribution is 7.80. The quantitative estimate of drug-likeness (QED) is 0.723. The van der Waals surface area contributed by atoms with Crippen LogP contribution in [0, 0.1) is 0 Å². The van der Waals surface area contributed by atoms with Crippen LogP contribution in [0.2, 0.25) is 0 Å². The first-order valence-electron chi connectivity index (χ1n) is 8.38. The van der Waals surface area contributed by atoms with Crippen LogP contribution in [0.5, 0.6) is 11.5 Å². The minimum absolute atomic E-state index is 0.302. The van der Waals surface area contributed by atoms with Crippen molar-refractivity contribution >= 4 is 23.1 Å². The summed E-state index contributed by atoms with van der Waals surface area (Å²) < 4.78 is 16.6. The smallest absolute Gasteiger partial charge is 0.260 e. The highest BCUT2D eigenvalue weighted by atomic mass is 32.1. The van der Waals surface area contributed by atoms with Gasteiger partial charge in [0.15, 0.2) is 0 Å². The lowest BCUT2D eigenvalue weighted by molar-refractivity contribution is 0.294. The van der Waals surface area contributed by atoms with Gasteiger partial charge in [-0.1, -0.05) is 32.0 Å².